The van der Waals surface area contributed by atoms with Crippen molar-refractivity contribution >= 4 is 22.4 Å². The first kappa shape index (κ1) is 14.3. The third-order valence-electron chi connectivity index (χ3n) is 4.19. The van der Waals surface area contributed by atoms with Crippen molar-refractivity contribution in [2.24, 2.45) is 11.8 Å². The number of nitrogens with zero attached hydrogens (tertiary/aromatic N) is 1. The lowest BCUT2D eigenvalue weighted by molar-refractivity contribution is 0.0594. The molecule has 1 saturated carbocycles. The Morgan fingerprint density at radius 2 is 2.16 bits per heavy atom. The van der Waals surface area contributed by atoms with E-state index in [2.05, 4.69) is 24.1 Å². The van der Waals surface area contributed by atoms with Crippen LogP contribution in [0.1, 0.15) is 48.5 Å². The van der Waals surface area contributed by atoms with Gasteiger partial charge in [-0.3, -0.25) is 0 Å². The fourth-order valence-electron chi connectivity index (χ4n) is 2.69. The summed E-state index contributed by atoms with van der Waals surface area (Å²) in [6.45, 7) is 6.51. The van der Waals surface area contributed by atoms with E-state index in [4.69, 9.17) is 4.74 Å². The monoisotopic (exact) mass is 282 g/mol. The van der Waals surface area contributed by atoms with Crippen molar-refractivity contribution in [3.05, 3.63) is 10.6 Å². The van der Waals surface area contributed by atoms with E-state index in [1.807, 2.05) is 6.92 Å². The number of thiazole rings is 1. The molecule has 1 aliphatic rings. The van der Waals surface area contributed by atoms with Gasteiger partial charge in [0.2, 0.25) is 0 Å². The van der Waals surface area contributed by atoms with Crippen LogP contribution < -0.4 is 5.32 Å². The molecule has 19 heavy (non-hydrogen) atoms. The van der Waals surface area contributed by atoms with Crippen LogP contribution in [-0.4, -0.2) is 24.1 Å². The molecule has 5 heteroatoms. The van der Waals surface area contributed by atoms with Gasteiger partial charge in [-0.1, -0.05) is 26.7 Å². The maximum absolute atomic E-state index is 11.6. The largest absolute Gasteiger partial charge is 0.464 e. The number of aryl methyl sites for hydroxylation is 1. The second kappa shape index (κ2) is 5.90. The molecule has 1 aromatic heterocycles. The molecule has 0 aliphatic heterocycles. The molecule has 2 rings (SSSR count). The summed E-state index contributed by atoms with van der Waals surface area (Å²) in [6, 6.07) is 0.458. The first-order valence-electron chi connectivity index (χ1n) is 6.85. The Bertz CT molecular complexity index is 458. The molecule has 0 radical (unpaired) electrons. The second-order valence-corrected chi connectivity index (χ2v) is 6.64. The molecule has 0 aromatic carbocycles. The van der Waals surface area contributed by atoms with Gasteiger partial charge in [0.05, 0.1) is 7.11 Å². The predicted octanol–water partition coefficient (Wildman–Crippen LogP) is 3.47. The topological polar surface area (TPSA) is 51.2 Å². The van der Waals surface area contributed by atoms with Crippen molar-refractivity contribution in [1.82, 2.24) is 4.98 Å². The maximum atomic E-state index is 11.6. The molecule has 0 saturated heterocycles. The number of anilines is 1. The second-order valence-electron chi connectivity index (χ2n) is 5.43. The molecule has 1 aliphatic carbocycles. The summed E-state index contributed by atoms with van der Waals surface area (Å²) in [4.78, 5) is 16.8. The van der Waals surface area contributed by atoms with Gasteiger partial charge >= 0.3 is 5.97 Å². The highest BCUT2D eigenvalue weighted by Crippen LogP contribution is 2.33. The van der Waals surface area contributed by atoms with Crippen LogP contribution in [0, 0.1) is 18.8 Å². The zero-order valence-corrected chi connectivity index (χ0v) is 12.8. The number of carbonyl (C=O) groups excluding carboxylic acids is 1. The summed E-state index contributed by atoms with van der Waals surface area (Å²) >= 11 is 1.53. The van der Waals surface area contributed by atoms with E-state index in [1.54, 1.807) is 0 Å². The van der Waals surface area contributed by atoms with Gasteiger partial charge in [-0.25, -0.2) is 9.78 Å². The lowest BCUT2D eigenvalue weighted by Gasteiger charge is -2.34. The SMILES string of the molecule is COC(=O)c1nc(NC2CCCC(C)C2C)sc1C. The standard InChI is InChI=1S/C14H22N2O2S/c1-8-6-5-7-11(9(8)2)15-14-16-12(10(3)19-14)13(17)18-4/h8-9,11H,5-7H2,1-4H3,(H,15,16). The Labute approximate surface area is 118 Å². The van der Waals surface area contributed by atoms with E-state index >= 15 is 0 Å². The van der Waals surface area contributed by atoms with Gasteiger partial charge in [0.25, 0.3) is 0 Å². The summed E-state index contributed by atoms with van der Waals surface area (Å²) in [5.74, 6) is 1.03. The van der Waals surface area contributed by atoms with E-state index in [9.17, 15) is 4.79 Å². The molecule has 1 aromatic rings. The van der Waals surface area contributed by atoms with Crippen molar-refractivity contribution < 1.29 is 9.53 Å². The quantitative estimate of drug-likeness (QED) is 0.862. The zero-order chi connectivity index (χ0) is 14.0. The van der Waals surface area contributed by atoms with E-state index < -0.39 is 0 Å². The van der Waals surface area contributed by atoms with Gasteiger partial charge in [-0.2, -0.15) is 0 Å². The molecule has 3 unspecified atom stereocenters. The fourth-order valence-corrected chi connectivity index (χ4v) is 3.55. The van der Waals surface area contributed by atoms with Crippen LogP contribution in [0.25, 0.3) is 0 Å². The molecule has 0 bridgehead atoms. The number of esters is 1. The van der Waals surface area contributed by atoms with Crippen LogP contribution in [-0.2, 0) is 4.74 Å². The molecule has 1 N–H and O–H groups in total. The lowest BCUT2D eigenvalue weighted by Crippen LogP contribution is -2.34. The number of aromatic nitrogens is 1. The van der Waals surface area contributed by atoms with Crippen LogP contribution in [0.5, 0.6) is 0 Å². The van der Waals surface area contributed by atoms with Crippen LogP contribution in [0.15, 0.2) is 0 Å². The average Bonchev–Trinajstić information content (AvgIpc) is 2.75. The molecular weight excluding hydrogens is 260 g/mol. The molecule has 106 valence electrons. The third kappa shape index (κ3) is 3.08. The number of carbonyl (C=O) groups is 1. The highest BCUT2D eigenvalue weighted by molar-refractivity contribution is 7.15. The Kier molecular flexibility index (Phi) is 4.45. The fraction of sp³-hybridized carbons (Fsp3) is 0.714. The van der Waals surface area contributed by atoms with Crippen molar-refractivity contribution in [2.75, 3.05) is 12.4 Å². The van der Waals surface area contributed by atoms with E-state index in [1.165, 1.54) is 37.7 Å². The van der Waals surface area contributed by atoms with Gasteiger partial charge in [0.15, 0.2) is 10.8 Å². The van der Waals surface area contributed by atoms with Gasteiger partial charge in [0.1, 0.15) is 0 Å². The van der Waals surface area contributed by atoms with Crippen molar-refractivity contribution in [1.29, 1.82) is 0 Å². The van der Waals surface area contributed by atoms with E-state index in [0.717, 1.165) is 15.9 Å². The minimum absolute atomic E-state index is 0.355. The van der Waals surface area contributed by atoms with E-state index in [-0.39, 0.29) is 5.97 Å². The predicted molar refractivity (Wildman–Crippen MR) is 77.8 cm³/mol. The summed E-state index contributed by atoms with van der Waals surface area (Å²) in [5, 5.41) is 4.34. The molecular formula is C14H22N2O2S. The summed E-state index contributed by atoms with van der Waals surface area (Å²) in [5.41, 5.74) is 0.437. The maximum Gasteiger partial charge on any atom is 0.357 e. The molecule has 3 atom stereocenters. The highest BCUT2D eigenvalue weighted by Gasteiger charge is 2.28. The first-order chi connectivity index (χ1) is 9.02. The Hall–Kier alpha value is -1.10. The summed E-state index contributed by atoms with van der Waals surface area (Å²) in [7, 11) is 1.39. The molecule has 4 nitrogen and oxygen atoms in total. The number of nitrogens with one attached hydrogen (secondary N) is 1. The Morgan fingerprint density at radius 1 is 1.42 bits per heavy atom. The normalized spacial score (nSPS) is 27.1. The Balaban J connectivity index is 2.09. The smallest absolute Gasteiger partial charge is 0.357 e. The van der Waals surface area contributed by atoms with Crippen LogP contribution in [0.2, 0.25) is 0 Å². The lowest BCUT2D eigenvalue weighted by atomic mass is 9.78. The molecule has 1 heterocycles. The first-order valence-corrected chi connectivity index (χ1v) is 7.66. The molecule has 0 spiro atoms. The number of hydrogen-bond donors (Lipinski definition) is 1. The minimum Gasteiger partial charge on any atom is -0.464 e. The number of hydrogen-bond acceptors (Lipinski definition) is 5. The number of rotatable bonds is 3. The summed E-state index contributed by atoms with van der Waals surface area (Å²) in [6.07, 6.45) is 3.75. The van der Waals surface area contributed by atoms with Gasteiger partial charge in [0, 0.05) is 10.9 Å². The van der Waals surface area contributed by atoms with Crippen LogP contribution in [0.4, 0.5) is 5.13 Å². The summed E-state index contributed by atoms with van der Waals surface area (Å²) < 4.78 is 4.74. The van der Waals surface area contributed by atoms with Crippen molar-refractivity contribution in [3.8, 4) is 0 Å². The Morgan fingerprint density at radius 3 is 2.84 bits per heavy atom. The third-order valence-corrected chi connectivity index (χ3v) is 5.09. The molecule has 0 amide bonds. The zero-order valence-electron chi connectivity index (χ0n) is 12.0. The minimum atomic E-state index is -0.355. The van der Waals surface area contributed by atoms with Crippen molar-refractivity contribution in [3.63, 3.8) is 0 Å². The van der Waals surface area contributed by atoms with E-state index in [0.29, 0.717) is 17.7 Å². The number of methoxy groups -OCH3 is 1. The highest BCUT2D eigenvalue weighted by atomic mass is 32.1. The number of ether oxygens (including phenoxy) is 1. The van der Waals surface area contributed by atoms with Crippen molar-refractivity contribution in [2.45, 2.75) is 46.1 Å². The molecule has 1 fully saturated rings. The van der Waals surface area contributed by atoms with Gasteiger partial charge < -0.3 is 10.1 Å². The van der Waals surface area contributed by atoms with Gasteiger partial charge in [-0.05, 0) is 25.2 Å². The average molecular weight is 282 g/mol. The van der Waals surface area contributed by atoms with Crippen LogP contribution >= 0.6 is 11.3 Å². The van der Waals surface area contributed by atoms with Gasteiger partial charge in [-0.15, -0.1) is 11.3 Å². The van der Waals surface area contributed by atoms with Crippen LogP contribution in [0.3, 0.4) is 0 Å².